The second-order valence-electron chi connectivity index (χ2n) is 6.02. The van der Waals surface area contributed by atoms with E-state index in [0.717, 1.165) is 18.7 Å². The first-order valence-corrected chi connectivity index (χ1v) is 11.5. The zero-order valence-corrected chi connectivity index (χ0v) is 20.1. The summed E-state index contributed by atoms with van der Waals surface area (Å²) in [5, 5.41) is 14.7. The van der Waals surface area contributed by atoms with Crippen molar-refractivity contribution in [3.63, 3.8) is 0 Å². The van der Waals surface area contributed by atoms with E-state index in [1.807, 2.05) is 60.0 Å². The monoisotopic (exact) mass is 437 g/mol. The number of nitrogens with one attached hydrogen (secondary N) is 1. The fourth-order valence-corrected chi connectivity index (χ4v) is 3.53. The van der Waals surface area contributed by atoms with Gasteiger partial charge in [-0.2, -0.15) is 0 Å². The van der Waals surface area contributed by atoms with Gasteiger partial charge in [0.1, 0.15) is 5.69 Å². The van der Waals surface area contributed by atoms with Crippen LogP contribution in [-0.4, -0.2) is 42.3 Å². The molecule has 2 rings (SSSR count). The predicted octanol–water partition coefficient (Wildman–Crippen LogP) is 6.46. The molecule has 0 aliphatic heterocycles. The average molecular weight is 438 g/mol. The van der Waals surface area contributed by atoms with Gasteiger partial charge in [-0.15, -0.1) is 24.4 Å². The Morgan fingerprint density at radius 3 is 2.28 bits per heavy atom. The minimum Gasteiger partial charge on any atom is -0.376 e. The summed E-state index contributed by atoms with van der Waals surface area (Å²) in [4.78, 5) is 14.8. The maximum atomic E-state index is 11.3. The van der Waals surface area contributed by atoms with E-state index in [-0.39, 0.29) is 16.7 Å². The smallest absolute Gasteiger partial charge is 0.293 e. The number of nitro groups is 1. The van der Waals surface area contributed by atoms with Crippen LogP contribution in [0, 0.1) is 10.1 Å². The molecule has 0 bridgehead atoms. The molecule has 0 saturated carbocycles. The lowest BCUT2D eigenvalue weighted by atomic mass is 10.2. The molecule has 162 valence electrons. The first-order valence-electron chi connectivity index (χ1n) is 10.0. The van der Waals surface area contributed by atoms with Gasteiger partial charge in [-0.25, -0.2) is 0 Å². The number of anilines is 1. The Morgan fingerprint density at radius 1 is 1.10 bits per heavy atom. The predicted molar refractivity (Wildman–Crippen MR) is 131 cm³/mol. The summed E-state index contributed by atoms with van der Waals surface area (Å²) >= 11 is 5.95. The summed E-state index contributed by atoms with van der Waals surface area (Å²) in [7, 11) is 4.05. The SMILES string of the molecule is CC.CC.CN(C)CCC(CSc1ccccc1)Nc1ccc(S)cc1[N+](=O)[O-]. The summed E-state index contributed by atoms with van der Waals surface area (Å²) in [6, 6.07) is 15.3. The zero-order valence-electron chi connectivity index (χ0n) is 18.4. The molecule has 0 spiro atoms. The van der Waals surface area contributed by atoms with Crippen LogP contribution < -0.4 is 5.32 Å². The van der Waals surface area contributed by atoms with Crippen LogP contribution in [0.4, 0.5) is 11.4 Å². The van der Waals surface area contributed by atoms with Crippen LogP contribution in [0.2, 0.25) is 0 Å². The summed E-state index contributed by atoms with van der Waals surface area (Å²) in [6.45, 7) is 8.91. The topological polar surface area (TPSA) is 58.4 Å². The first-order chi connectivity index (χ1) is 14.0. The lowest BCUT2D eigenvalue weighted by molar-refractivity contribution is -0.384. The van der Waals surface area contributed by atoms with Crippen LogP contribution in [-0.2, 0) is 0 Å². The third kappa shape index (κ3) is 11.2. The van der Waals surface area contributed by atoms with Gasteiger partial charge in [-0.1, -0.05) is 45.9 Å². The summed E-state index contributed by atoms with van der Waals surface area (Å²) in [5.74, 6) is 0.831. The van der Waals surface area contributed by atoms with Crippen molar-refractivity contribution in [2.45, 2.75) is 49.9 Å². The normalized spacial score (nSPS) is 10.9. The quantitative estimate of drug-likeness (QED) is 0.204. The van der Waals surface area contributed by atoms with Crippen LogP contribution in [0.3, 0.4) is 0 Å². The van der Waals surface area contributed by atoms with E-state index in [9.17, 15) is 10.1 Å². The van der Waals surface area contributed by atoms with Crippen molar-refractivity contribution >= 4 is 35.8 Å². The van der Waals surface area contributed by atoms with Gasteiger partial charge in [-0.3, -0.25) is 10.1 Å². The summed E-state index contributed by atoms with van der Waals surface area (Å²) < 4.78 is 0. The molecule has 0 radical (unpaired) electrons. The van der Waals surface area contributed by atoms with Crippen LogP contribution in [0.1, 0.15) is 34.1 Å². The van der Waals surface area contributed by atoms with Crippen LogP contribution in [0.25, 0.3) is 0 Å². The lowest BCUT2D eigenvalue weighted by Crippen LogP contribution is -2.28. The van der Waals surface area contributed by atoms with Gasteiger partial charge in [-0.05, 0) is 51.3 Å². The van der Waals surface area contributed by atoms with Gasteiger partial charge in [0, 0.05) is 27.7 Å². The summed E-state index contributed by atoms with van der Waals surface area (Å²) in [6.07, 6.45) is 0.895. The number of nitrogens with zero attached hydrogens (tertiary/aromatic N) is 2. The summed E-state index contributed by atoms with van der Waals surface area (Å²) in [5.41, 5.74) is 0.604. The van der Waals surface area contributed by atoms with Crippen molar-refractivity contribution in [3.8, 4) is 0 Å². The second-order valence-corrected chi connectivity index (χ2v) is 7.63. The van der Waals surface area contributed by atoms with E-state index in [1.54, 1.807) is 23.9 Å². The van der Waals surface area contributed by atoms with Gasteiger partial charge >= 0.3 is 0 Å². The van der Waals surface area contributed by atoms with Gasteiger partial charge in [0.2, 0.25) is 0 Å². The van der Waals surface area contributed by atoms with E-state index in [0.29, 0.717) is 10.6 Å². The highest BCUT2D eigenvalue weighted by atomic mass is 32.2. The Balaban J connectivity index is 0.00000184. The van der Waals surface area contributed by atoms with Crippen LogP contribution >= 0.6 is 24.4 Å². The van der Waals surface area contributed by atoms with Crippen molar-refractivity contribution in [2.75, 3.05) is 31.7 Å². The number of rotatable bonds is 9. The number of thiol groups is 1. The van der Waals surface area contributed by atoms with Crippen molar-refractivity contribution in [3.05, 3.63) is 58.6 Å². The largest absolute Gasteiger partial charge is 0.376 e. The molecule has 0 aliphatic rings. The highest BCUT2D eigenvalue weighted by Crippen LogP contribution is 2.29. The number of benzene rings is 2. The fraction of sp³-hybridized carbons (Fsp3) is 0.455. The molecule has 2 aromatic rings. The van der Waals surface area contributed by atoms with Crippen molar-refractivity contribution < 1.29 is 4.92 Å². The van der Waals surface area contributed by atoms with Gasteiger partial charge in [0.15, 0.2) is 0 Å². The molecule has 0 fully saturated rings. The molecule has 1 atom stereocenters. The fourth-order valence-electron chi connectivity index (χ4n) is 2.34. The maximum absolute atomic E-state index is 11.3. The van der Waals surface area contributed by atoms with E-state index < -0.39 is 0 Å². The third-order valence-corrected chi connectivity index (χ3v) is 5.11. The first kappa shape index (κ1) is 27.3. The lowest BCUT2D eigenvalue weighted by Gasteiger charge is -2.21. The highest BCUT2D eigenvalue weighted by Gasteiger charge is 2.18. The van der Waals surface area contributed by atoms with Crippen LogP contribution in [0.15, 0.2) is 58.3 Å². The number of thioether (sulfide) groups is 1. The Bertz CT molecular complexity index is 698. The molecule has 1 unspecified atom stereocenters. The van der Waals surface area contributed by atoms with Crippen molar-refractivity contribution in [1.29, 1.82) is 0 Å². The number of hydrogen-bond donors (Lipinski definition) is 2. The van der Waals surface area contributed by atoms with E-state index >= 15 is 0 Å². The van der Waals surface area contributed by atoms with Crippen molar-refractivity contribution in [2.24, 2.45) is 0 Å². The minimum atomic E-state index is -0.366. The standard InChI is InChI=1S/C18H23N3O2S2.2C2H6/c1-20(2)11-10-14(13-25-16-6-4-3-5-7-16)19-17-9-8-15(24)12-18(17)21(22)23;2*1-2/h3-9,12,14,19,24H,10-11,13H2,1-2H3;2*1-2H3. The Hall–Kier alpha value is -1.70. The Kier molecular flexibility index (Phi) is 15.2. The number of nitro benzene ring substituents is 1. The molecular weight excluding hydrogens is 402 g/mol. The molecule has 0 heterocycles. The molecule has 2 aromatic carbocycles. The molecule has 0 aromatic heterocycles. The van der Waals surface area contributed by atoms with Gasteiger partial charge in [0.05, 0.1) is 4.92 Å². The van der Waals surface area contributed by atoms with Crippen molar-refractivity contribution in [1.82, 2.24) is 4.90 Å². The van der Waals surface area contributed by atoms with E-state index in [2.05, 4.69) is 35.0 Å². The molecule has 0 amide bonds. The number of hydrogen-bond acceptors (Lipinski definition) is 6. The molecular formula is C22H35N3O2S2. The van der Waals surface area contributed by atoms with E-state index in [1.165, 1.54) is 11.0 Å². The van der Waals surface area contributed by atoms with E-state index in [4.69, 9.17) is 0 Å². The minimum absolute atomic E-state index is 0.0621. The molecule has 0 saturated heterocycles. The maximum Gasteiger partial charge on any atom is 0.293 e. The Morgan fingerprint density at radius 2 is 1.72 bits per heavy atom. The third-order valence-electron chi connectivity index (χ3n) is 3.66. The van der Waals surface area contributed by atoms with Crippen LogP contribution in [0.5, 0.6) is 0 Å². The van der Waals surface area contributed by atoms with Gasteiger partial charge < -0.3 is 10.2 Å². The van der Waals surface area contributed by atoms with Gasteiger partial charge in [0.25, 0.3) is 5.69 Å². The Labute approximate surface area is 185 Å². The molecule has 1 N–H and O–H groups in total. The average Bonchev–Trinajstić information content (AvgIpc) is 2.74. The molecule has 5 nitrogen and oxygen atoms in total. The zero-order chi connectivity index (χ0) is 22.2. The molecule has 7 heteroatoms. The molecule has 0 aliphatic carbocycles. The second kappa shape index (κ2) is 16.1. The highest BCUT2D eigenvalue weighted by molar-refractivity contribution is 7.99. The molecule has 29 heavy (non-hydrogen) atoms.